The quantitative estimate of drug-likeness (QED) is 0.340. The molecule has 0 unspecified atom stereocenters. The van der Waals surface area contributed by atoms with Gasteiger partial charge in [0.25, 0.3) is 0 Å². The third-order valence-corrected chi connectivity index (χ3v) is 2.23. The molecule has 17 heavy (non-hydrogen) atoms. The first kappa shape index (κ1) is 13.5. The molecule has 1 aromatic carbocycles. The Labute approximate surface area is 104 Å². The topological polar surface area (TPSA) is 52.6 Å². The van der Waals surface area contributed by atoms with Crippen molar-refractivity contribution in [3.05, 3.63) is 29.8 Å². The van der Waals surface area contributed by atoms with Gasteiger partial charge in [-0.1, -0.05) is 6.92 Å². The van der Waals surface area contributed by atoms with Crippen LogP contribution in [0, 0.1) is 0 Å². The minimum atomic E-state index is -0.423. The van der Waals surface area contributed by atoms with Crippen molar-refractivity contribution in [1.82, 2.24) is 0 Å². The van der Waals surface area contributed by atoms with Gasteiger partial charge in [-0.25, -0.2) is 4.79 Å². The highest BCUT2D eigenvalue weighted by Gasteiger charge is 2.06. The Bertz CT molecular complexity index is 386. The lowest BCUT2D eigenvalue weighted by molar-refractivity contribution is -0.213. The normalized spacial score (nSPS) is 9.76. The molecular weight excluding hydrogens is 244 g/mol. The number of hydrogen-bond acceptors (Lipinski definition) is 4. The summed E-state index contributed by atoms with van der Waals surface area (Å²) in [6, 6.07) is 6.21. The summed E-state index contributed by atoms with van der Waals surface area (Å²) in [5, 5.41) is 0. The van der Waals surface area contributed by atoms with Crippen LogP contribution >= 0.6 is 11.6 Å². The van der Waals surface area contributed by atoms with E-state index in [0.29, 0.717) is 24.2 Å². The second kappa shape index (κ2) is 6.91. The lowest BCUT2D eigenvalue weighted by Crippen LogP contribution is -2.07. The number of Topliss-reactive ketones (excluding diaryl/α,β-unsaturated/α-hetero) is 1. The molecule has 0 radical (unpaired) electrons. The summed E-state index contributed by atoms with van der Waals surface area (Å²) in [4.78, 5) is 31.6. The maximum absolute atomic E-state index is 11.2. The first-order valence-corrected chi connectivity index (χ1v) is 5.77. The number of carbonyl (C=O) groups is 2. The van der Waals surface area contributed by atoms with E-state index >= 15 is 0 Å². The Morgan fingerprint density at radius 3 is 2.41 bits per heavy atom. The minimum Gasteiger partial charge on any atom is -0.293 e. The number of ketones is 1. The highest BCUT2D eigenvalue weighted by molar-refractivity contribution is 6.30. The van der Waals surface area contributed by atoms with Crippen molar-refractivity contribution < 1.29 is 19.4 Å². The van der Waals surface area contributed by atoms with Crippen LogP contribution in [0.15, 0.2) is 24.3 Å². The van der Waals surface area contributed by atoms with Gasteiger partial charge in [0.15, 0.2) is 11.5 Å². The van der Waals surface area contributed by atoms with Crippen molar-refractivity contribution in [1.29, 1.82) is 0 Å². The first-order chi connectivity index (χ1) is 8.17. The molecule has 92 valence electrons. The largest absolute Gasteiger partial charge is 0.355 e. The van der Waals surface area contributed by atoms with Crippen molar-refractivity contribution in [2.75, 3.05) is 5.88 Å². The maximum atomic E-state index is 11.2. The molecule has 0 fully saturated rings. The van der Waals surface area contributed by atoms with Gasteiger partial charge in [-0.05, 0) is 30.7 Å². The molecule has 0 aliphatic rings. The van der Waals surface area contributed by atoms with Gasteiger partial charge in [0, 0.05) is 12.0 Å². The Hall–Kier alpha value is -1.55. The van der Waals surface area contributed by atoms with Gasteiger partial charge in [0.1, 0.15) is 0 Å². The van der Waals surface area contributed by atoms with Crippen LogP contribution in [0.5, 0.6) is 5.75 Å². The second-order valence-corrected chi connectivity index (χ2v) is 3.64. The Morgan fingerprint density at radius 1 is 1.24 bits per heavy atom. The summed E-state index contributed by atoms with van der Waals surface area (Å²) in [7, 11) is 0. The van der Waals surface area contributed by atoms with Crippen LogP contribution in [0.25, 0.3) is 0 Å². The van der Waals surface area contributed by atoms with Gasteiger partial charge in [-0.3, -0.25) is 14.6 Å². The van der Waals surface area contributed by atoms with E-state index in [9.17, 15) is 9.59 Å². The van der Waals surface area contributed by atoms with Crippen LogP contribution in [-0.4, -0.2) is 17.6 Å². The molecule has 0 aliphatic heterocycles. The van der Waals surface area contributed by atoms with Crippen molar-refractivity contribution >= 4 is 23.4 Å². The lowest BCUT2D eigenvalue weighted by atomic mass is 10.1. The molecule has 0 N–H and O–H groups in total. The number of hydrogen-bond donors (Lipinski definition) is 0. The van der Waals surface area contributed by atoms with E-state index in [4.69, 9.17) is 16.5 Å². The smallest absolute Gasteiger partial charge is 0.293 e. The number of benzene rings is 1. The van der Waals surface area contributed by atoms with Gasteiger partial charge in [0.2, 0.25) is 0 Å². The van der Waals surface area contributed by atoms with Crippen molar-refractivity contribution in [3.8, 4) is 5.75 Å². The minimum absolute atomic E-state index is 0.0638. The number of halogens is 1. The summed E-state index contributed by atoms with van der Waals surface area (Å²) in [5.74, 6) is -0.290. The van der Waals surface area contributed by atoms with Gasteiger partial charge in [0.05, 0.1) is 5.88 Å². The van der Waals surface area contributed by atoms with Gasteiger partial charge in [-0.15, -0.1) is 11.6 Å². The molecule has 0 aliphatic carbocycles. The maximum Gasteiger partial charge on any atom is 0.355 e. The number of alkyl halides is 1. The molecule has 1 rings (SSSR count). The monoisotopic (exact) mass is 256 g/mol. The van der Waals surface area contributed by atoms with Crippen LogP contribution in [0.2, 0.25) is 0 Å². The first-order valence-electron chi connectivity index (χ1n) is 5.24. The summed E-state index contributed by atoms with van der Waals surface area (Å²) < 4.78 is 0. The highest BCUT2D eigenvalue weighted by atomic mass is 35.5. The third kappa shape index (κ3) is 4.44. The fraction of sp³-hybridized carbons (Fsp3) is 0.333. The van der Waals surface area contributed by atoms with Crippen LogP contribution < -0.4 is 4.89 Å². The van der Waals surface area contributed by atoms with E-state index < -0.39 is 5.97 Å². The summed E-state index contributed by atoms with van der Waals surface area (Å²) in [5.41, 5.74) is 0.493. The SMILES string of the molecule is CCCC(=O)OOc1ccc(C(=O)CCl)cc1. The molecule has 1 aromatic rings. The molecule has 5 heteroatoms. The molecule has 0 heterocycles. The zero-order valence-corrected chi connectivity index (χ0v) is 10.2. The summed E-state index contributed by atoms with van der Waals surface area (Å²) >= 11 is 5.41. The van der Waals surface area contributed by atoms with Crippen LogP contribution in [-0.2, 0) is 9.68 Å². The second-order valence-electron chi connectivity index (χ2n) is 3.37. The predicted octanol–water partition coefficient (Wildman–Crippen LogP) is 2.75. The van der Waals surface area contributed by atoms with Crippen LogP contribution in [0.1, 0.15) is 30.1 Å². The van der Waals surface area contributed by atoms with E-state index in [1.165, 1.54) is 0 Å². The fourth-order valence-corrected chi connectivity index (χ4v) is 1.27. The summed E-state index contributed by atoms with van der Waals surface area (Å²) in [6.45, 7) is 1.87. The summed E-state index contributed by atoms with van der Waals surface area (Å²) in [6.07, 6.45) is 1.01. The zero-order valence-electron chi connectivity index (χ0n) is 9.44. The van der Waals surface area contributed by atoms with E-state index in [1.54, 1.807) is 24.3 Å². The fourth-order valence-electron chi connectivity index (χ4n) is 1.11. The molecule has 4 nitrogen and oxygen atoms in total. The molecular formula is C12H13ClO4. The number of carbonyl (C=O) groups excluding carboxylic acids is 2. The highest BCUT2D eigenvalue weighted by Crippen LogP contribution is 2.13. The lowest BCUT2D eigenvalue weighted by Gasteiger charge is -2.04. The van der Waals surface area contributed by atoms with Gasteiger partial charge in [-0.2, -0.15) is 0 Å². The Balaban J connectivity index is 2.51. The molecule has 0 atom stereocenters. The van der Waals surface area contributed by atoms with E-state index in [0.717, 1.165) is 0 Å². The molecule has 0 aromatic heterocycles. The van der Waals surface area contributed by atoms with Crippen molar-refractivity contribution in [2.45, 2.75) is 19.8 Å². The molecule has 0 saturated heterocycles. The zero-order chi connectivity index (χ0) is 12.7. The van der Waals surface area contributed by atoms with Crippen LogP contribution in [0.4, 0.5) is 0 Å². The third-order valence-electron chi connectivity index (χ3n) is 1.98. The van der Waals surface area contributed by atoms with Gasteiger partial charge < -0.3 is 0 Å². The average molecular weight is 257 g/mol. The molecule has 0 amide bonds. The van der Waals surface area contributed by atoms with Crippen molar-refractivity contribution in [3.63, 3.8) is 0 Å². The number of rotatable bonds is 6. The molecule has 0 spiro atoms. The van der Waals surface area contributed by atoms with Crippen molar-refractivity contribution in [2.24, 2.45) is 0 Å². The Kier molecular flexibility index (Phi) is 5.49. The van der Waals surface area contributed by atoms with Gasteiger partial charge >= 0.3 is 5.97 Å². The van der Waals surface area contributed by atoms with E-state index in [2.05, 4.69) is 4.89 Å². The van der Waals surface area contributed by atoms with E-state index in [1.807, 2.05) is 6.92 Å². The average Bonchev–Trinajstić information content (AvgIpc) is 2.36. The molecule has 0 saturated carbocycles. The van der Waals surface area contributed by atoms with Crippen LogP contribution in [0.3, 0.4) is 0 Å². The predicted molar refractivity (Wildman–Crippen MR) is 63.1 cm³/mol. The molecule has 0 bridgehead atoms. The standard InChI is InChI=1S/C12H13ClO4/c1-2-3-12(15)17-16-10-6-4-9(5-7-10)11(14)8-13/h4-7H,2-3,8H2,1H3. The Morgan fingerprint density at radius 2 is 1.88 bits per heavy atom. The van der Waals surface area contributed by atoms with E-state index in [-0.39, 0.29) is 11.7 Å².